The Hall–Kier alpha value is -3.41. The van der Waals surface area contributed by atoms with Gasteiger partial charge in [0, 0.05) is 22.8 Å². The summed E-state index contributed by atoms with van der Waals surface area (Å²) in [5.41, 5.74) is 0.887. The van der Waals surface area contributed by atoms with Gasteiger partial charge in [-0.1, -0.05) is 24.3 Å². The van der Waals surface area contributed by atoms with Gasteiger partial charge in [-0.15, -0.1) is 0 Å². The lowest BCUT2D eigenvalue weighted by Gasteiger charge is -2.23. The fraction of sp³-hybridized carbons (Fsp3) is 0.227. The number of amides is 1. The zero-order valence-electron chi connectivity index (χ0n) is 16.0. The summed E-state index contributed by atoms with van der Waals surface area (Å²) in [6.45, 7) is 5.65. The van der Waals surface area contributed by atoms with Crippen LogP contribution in [0.15, 0.2) is 59.5 Å². The number of hydrogen-bond donors (Lipinski definition) is 2. The molecule has 1 aromatic heterocycles. The van der Waals surface area contributed by atoms with E-state index in [0.29, 0.717) is 23.2 Å². The monoisotopic (exact) mass is 378 g/mol. The maximum absolute atomic E-state index is 12.5. The van der Waals surface area contributed by atoms with Gasteiger partial charge in [0.2, 0.25) is 5.43 Å². The second-order valence-electron chi connectivity index (χ2n) is 6.95. The number of pyridine rings is 1. The molecule has 1 heterocycles. The van der Waals surface area contributed by atoms with Gasteiger partial charge in [0.05, 0.1) is 12.0 Å². The summed E-state index contributed by atoms with van der Waals surface area (Å²) in [4.78, 5) is 40.2. The first kappa shape index (κ1) is 19.4. The average Bonchev–Trinajstić information content (AvgIpc) is 2.69. The van der Waals surface area contributed by atoms with Gasteiger partial charge in [0.1, 0.15) is 5.56 Å². The molecule has 1 amide bonds. The predicted molar refractivity (Wildman–Crippen MR) is 109 cm³/mol. The minimum Gasteiger partial charge on any atom is -0.465 e. The van der Waals surface area contributed by atoms with E-state index in [-0.39, 0.29) is 17.0 Å². The molecule has 0 aliphatic rings. The summed E-state index contributed by atoms with van der Waals surface area (Å²) in [6.07, 6.45) is 1.41. The van der Waals surface area contributed by atoms with Gasteiger partial charge < -0.3 is 15.0 Å². The molecule has 0 saturated carbocycles. The van der Waals surface area contributed by atoms with Crippen LogP contribution in [0.2, 0.25) is 0 Å². The van der Waals surface area contributed by atoms with Gasteiger partial charge in [-0.05, 0) is 50.6 Å². The van der Waals surface area contributed by atoms with Crippen LogP contribution in [0.3, 0.4) is 0 Å². The number of rotatable bonds is 5. The highest BCUT2D eigenvalue weighted by Gasteiger charge is 2.31. The van der Waals surface area contributed by atoms with Gasteiger partial charge in [-0.2, -0.15) is 0 Å². The van der Waals surface area contributed by atoms with Crippen molar-refractivity contribution in [2.45, 2.75) is 26.2 Å². The second-order valence-corrected chi connectivity index (χ2v) is 6.95. The van der Waals surface area contributed by atoms with Crippen molar-refractivity contribution in [2.75, 3.05) is 11.9 Å². The van der Waals surface area contributed by atoms with E-state index in [0.717, 1.165) is 5.56 Å². The number of benzene rings is 2. The van der Waals surface area contributed by atoms with Crippen LogP contribution in [0.4, 0.5) is 5.69 Å². The molecule has 2 N–H and O–H groups in total. The number of nitrogens with one attached hydrogen (secondary N) is 2. The molecule has 0 radical (unpaired) electrons. The van der Waals surface area contributed by atoms with E-state index < -0.39 is 11.3 Å². The van der Waals surface area contributed by atoms with Crippen LogP contribution in [0.25, 0.3) is 10.9 Å². The molecule has 0 unspecified atom stereocenters. The lowest BCUT2D eigenvalue weighted by molar-refractivity contribution is -0.148. The van der Waals surface area contributed by atoms with E-state index in [2.05, 4.69) is 10.3 Å². The first-order valence-electron chi connectivity index (χ1n) is 9.04. The second kappa shape index (κ2) is 7.68. The number of carbonyl (C=O) groups excluding carboxylic acids is 2. The van der Waals surface area contributed by atoms with Crippen molar-refractivity contribution in [2.24, 2.45) is 0 Å². The molecular weight excluding hydrogens is 356 g/mol. The predicted octanol–water partition coefficient (Wildman–Crippen LogP) is 3.62. The van der Waals surface area contributed by atoms with E-state index in [9.17, 15) is 14.4 Å². The molecular formula is C22H22N2O4. The summed E-state index contributed by atoms with van der Waals surface area (Å²) < 4.78 is 5.12. The highest BCUT2D eigenvalue weighted by molar-refractivity contribution is 6.05. The number of para-hydroxylation sites is 1. The van der Waals surface area contributed by atoms with Gasteiger partial charge in [-0.25, -0.2) is 0 Å². The van der Waals surface area contributed by atoms with E-state index in [1.165, 1.54) is 6.20 Å². The van der Waals surface area contributed by atoms with Crippen LogP contribution in [-0.4, -0.2) is 23.5 Å². The standard InChI is InChI=1S/C22H22N2O4/c1-4-28-21(27)22(2,3)14-9-11-15(12-10-14)24-20(26)17-13-23-18-8-6-5-7-16(18)19(17)25/h5-13H,4H2,1-3H3,(H,23,25)(H,24,26). The van der Waals surface area contributed by atoms with Crippen LogP contribution in [0.1, 0.15) is 36.7 Å². The largest absolute Gasteiger partial charge is 0.465 e. The van der Waals surface area contributed by atoms with Crippen LogP contribution in [-0.2, 0) is 14.9 Å². The Morgan fingerprint density at radius 2 is 1.75 bits per heavy atom. The Morgan fingerprint density at radius 3 is 2.43 bits per heavy atom. The maximum atomic E-state index is 12.5. The Bertz CT molecular complexity index is 1080. The van der Waals surface area contributed by atoms with Gasteiger partial charge in [-0.3, -0.25) is 14.4 Å². The minimum atomic E-state index is -0.798. The zero-order valence-corrected chi connectivity index (χ0v) is 16.0. The number of anilines is 1. The summed E-state index contributed by atoms with van der Waals surface area (Å²) >= 11 is 0. The molecule has 0 aliphatic carbocycles. The van der Waals surface area contributed by atoms with E-state index in [1.807, 2.05) is 6.07 Å². The number of aromatic nitrogens is 1. The van der Waals surface area contributed by atoms with Crippen molar-refractivity contribution >= 4 is 28.5 Å². The third-order valence-corrected chi connectivity index (χ3v) is 4.68. The Morgan fingerprint density at radius 1 is 1.07 bits per heavy atom. The minimum absolute atomic E-state index is 0.0367. The number of fused-ring (bicyclic) bond motifs is 1. The van der Waals surface area contributed by atoms with E-state index >= 15 is 0 Å². The molecule has 3 aromatic rings. The van der Waals surface area contributed by atoms with Crippen molar-refractivity contribution in [1.82, 2.24) is 4.98 Å². The molecule has 2 aromatic carbocycles. The van der Waals surface area contributed by atoms with E-state index in [4.69, 9.17) is 4.74 Å². The van der Waals surface area contributed by atoms with Gasteiger partial charge in [0.25, 0.3) is 5.91 Å². The lowest BCUT2D eigenvalue weighted by atomic mass is 9.84. The molecule has 0 spiro atoms. The molecule has 28 heavy (non-hydrogen) atoms. The fourth-order valence-electron chi connectivity index (χ4n) is 2.93. The zero-order chi connectivity index (χ0) is 20.3. The van der Waals surface area contributed by atoms with Crippen molar-refractivity contribution in [3.05, 3.63) is 76.1 Å². The normalized spacial score (nSPS) is 11.2. The maximum Gasteiger partial charge on any atom is 0.315 e. The van der Waals surface area contributed by atoms with Crippen molar-refractivity contribution < 1.29 is 14.3 Å². The molecule has 144 valence electrons. The third kappa shape index (κ3) is 3.67. The quantitative estimate of drug-likeness (QED) is 0.664. The highest BCUT2D eigenvalue weighted by atomic mass is 16.5. The van der Waals surface area contributed by atoms with Crippen molar-refractivity contribution in [3.8, 4) is 0 Å². The molecule has 6 nitrogen and oxygen atoms in total. The first-order chi connectivity index (χ1) is 13.3. The lowest BCUT2D eigenvalue weighted by Crippen LogP contribution is -2.31. The Labute approximate surface area is 162 Å². The number of ether oxygens (including phenoxy) is 1. The third-order valence-electron chi connectivity index (χ3n) is 4.68. The number of esters is 1. The SMILES string of the molecule is CCOC(=O)C(C)(C)c1ccc(NC(=O)c2c[nH]c3ccccc3c2=O)cc1. The van der Waals surface area contributed by atoms with Crippen molar-refractivity contribution in [1.29, 1.82) is 0 Å². The van der Waals surface area contributed by atoms with Gasteiger partial charge in [0.15, 0.2) is 0 Å². The Balaban J connectivity index is 1.81. The number of H-pyrrole nitrogens is 1. The highest BCUT2D eigenvalue weighted by Crippen LogP contribution is 2.26. The smallest absolute Gasteiger partial charge is 0.315 e. The topological polar surface area (TPSA) is 88.3 Å². The molecule has 0 fully saturated rings. The van der Waals surface area contributed by atoms with Crippen LogP contribution >= 0.6 is 0 Å². The summed E-state index contributed by atoms with van der Waals surface area (Å²) in [6, 6.07) is 13.9. The van der Waals surface area contributed by atoms with Crippen molar-refractivity contribution in [3.63, 3.8) is 0 Å². The van der Waals surface area contributed by atoms with Crippen LogP contribution in [0, 0.1) is 0 Å². The Kier molecular flexibility index (Phi) is 5.31. The molecule has 0 saturated heterocycles. The molecule has 6 heteroatoms. The molecule has 0 aliphatic heterocycles. The molecule has 0 atom stereocenters. The summed E-state index contributed by atoms with van der Waals surface area (Å²) in [7, 11) is 0. The number of hydrogen-bond acceptors (Lipinski definition) is 4. The van der Waals surface area contributed by atoms with Crippen LogP contribution < -0.4 is 10.7 Å². The average molecular weight is 378 g/mol. The number of carbonyl (C=O) groups is 2. The first-order valence-corrected chi connectivity index (χ1v) is 9.04. The van der Waals surface area contributed by atoms with Gasteiger partial charge >= 0.3 is 5.97 Å². The molecule has 3 rings (SSSR count). The van der Waals surface area contributed by atoms with E-state index in [1.54, 1.807) is 63.2 Å². The summed E-state index contributed by atoms with van der Waals surface area (Å²) in [5, 5.41) is 3.18. The fourth-order valence-corrected chi connectivity index (χ4v) is 2.93. The van der Waals surface area contributed by atoms with Crippen LogP contribution in [0.5, 0.6) is 0 Å². The molecule has 0 bridgehead atoms. The number of aromatic amines is 1. The summed E-state index contributed by atoms with van der Waals surface area (Å²) in [5.74, 6) is -0.807.